The van der Waals surface area contributed by atoms with Crippen LogP contribution in [0.15, 0.2) is 97.1 Å². The topological polar surface area (TPSA) is 166 Å². The number of nitrogens with zero attached hydrogens (tertiary/aromatic N) is 4. The van der Waals surface area contributed by atoms with E-state index in [0.717, 1.165) is 85.6 Å². The van der Waals surface area contributed by atoms with Crippen LogP contribution < -0.4 is 20.4 Å². The summed E-state index contributed by atoms with van der Waals surface area (Å²) >= 11 is 0. The predicted molar refractivity (Wildman–Crippen MR) is 269 cm³/mol. The molecule has 0 saturated heterocycles. The van der Waals surface area contributed by atoms with Crippen molar-refractivity contribution in [3.05, 3.63) is 140 Å². The second kappa shape index (κ2) is 33.2. The molecule has 0 spiro atoms. The molecule has 0 bridgehead atoms. The fourth-order valence-corrected chi connectivity index (χ4v) is 7.12. The molecular weight excluding hydrogens is 805 g/mol. The Morgan fingerprint density at radius 2 is 1.02 bits per heavy atom. The molecule has 64 heavy (non-hydrogen) atoms. The van der Waals surface area contributed by atoms with Gasteiger partial charge in [0.25, 0.3) is 11.4 Å². The molecule has 0 aliphatic heterocycles. The van der Waals surface area contributed by atoms with Crippen molar-refractivity contribution in [3.63, 3.8) is 0 Å². The number of allylic oxidation sites excluding steroid dienone is 2. The SMILES string of the molecule is CC.CC.CCCC[NH2+]c1ccc([N+](=O)[O-])cc1C(C)C/C=C/c1ccc(N(CC)CC)cc1.CC[NH2+]c1ccc([N+](=O)[O-])cc1C(C)C/C=C/c1ccc(N(CCO)CCO)cc1. The average molecular weight is 885 g/mol. The molecule has 352 valence electrons. The molecule has 2 atom stereocenters. The Bertz CT molecular complexity index is 1940. The van der Waals surface area contributed by atoms with Gasteiger partial charge in [-0.2, -0.15) is 0 Å². The Labute approximate surface area is 384 Å². The maximum Gasteiger partial charge on any atom is 0.270 e. The van der Waals surface area contributed by atoms with Crippen LogP contribution in [0, 0.1) is 20.2 Å². The number of nitro benzene ring substituents is 2. The van der Waals surface area contributed by atoms with E-state index in [4.69, 9.17) is 10.2 Å². The first-order chi connectivity index (χ1) is 31.0. The van der Waals surface area contributed by atoms with Gasteiger partial charge in [-0.3, -0.25) is 20.2 Å². The number of anilines is 2. The standard InChI is InChI=1S/C25H35N3O2.C23H31N3O4.2C2H6/c1-5-8-18-26-25-17-16-23(28(29)30)19-24(25)20(4)10-9-11-21-12-14-22(15-13-21)27(6-2)7-3;1-3-24-23-12-11-21(26(29)30)17-22(23)18(2)5-4-6-19-7-9-20(10-8-19)25(13-15-27)14-16-28;2*1-2/h9,11-17,19-20,26H,5-8,10,18H2,1-4H3;4,6-12,17-18,24,27-28H,3,5,13-16H2,1-2H3;2*1-2H3/p+2/b11-9+;6-4+;;. The van der Waals surface area contributed by atoms with Crippen LogP contribution in [0.2, 0.25) is 0 Å². The molecule has 0 aliphatic rings. The first-order valence-corrected chi connectivity index (χ1v) is 23.5. The summed E-state index contributed by atoms with van der Waals surface area (Å²) in [6, 6.07) is 26.9. The molecule has 0 amide bonds. The van der Waals surface area contributed by atoms with Gasteiger partial charge < -0.3 is 30.6 Å². The highest BCUT2D eigenvalue weighted by Gasteiger charge is 2.19. The normalized spacial score (nSPS) is 11.7. The molecule has 0 aliphatic carbocycles. The molecule has 6 N–H and O–H groups in total. The van der Waals surface area contributed by atoms with E-state index in [9.17, 15) is 20.2 Å². The van der Waals surface area contributed by atoms with Gasteiger partial charge in [0.2, 0.25) is 0 Å². The summed E-state index contributed by atoms with van der Waals surface area (Å²) in [5.41, 5.74) is 8.95. The van der Waals surface area contributed by atoms with E-state index in [2.05, 4.69) is 99.6 Å². The van der Waals surface area contributed by atoms with Crippen LogP contribution in [-0.2, 0) is 0 Å². The van der Waals surface area contributed by atoms with Gasteiger partial charge in [0.15, 0.2) is 0 Å². The molecule has 0 fully saturated rings. The lowest BCUT2D eigenvalue weighted by Gasteiger charge is -2.22. The lowest BCUT2D eigenvalue weighted by Crippen LogP contribution is -2.78. The van der Waals surface area contributed by atoms with Gasteiger partial charge in [-0.25, -0.2) is 0 Å². The lowest BCUT2D eigenvalue weighted by molar-refractivity contribution is -0.572. The van der Waals surface area contributed by atoms with Crippen LogP contribution in [0.1, 0.15) is 129 Å². The number of aliphatic hydroxyl groups is 2. The first-order valence-electron chi connectivity index (χ1n) is 23.5. The van der Waals surface area contributed by atoms with Crippen LogP contribution in [0.5, 0.6) is 0 Å². The molecule has 0 heterocycles. The third-order valence-corrected chi connectivity index (χ3v) is 10.6. The number of nitrogens with two attached hydrogens (primary N) is 2. The van der Waals surface area contributed by atoms with Gasteiger partial charge >= 0.3 is 0 Å². The minimum atomic E-state index is -0.347. The molecule has 12 nitrogen and oxygen atoms in total. The number of hydrogen-bond acceptors (Lipinski definition) is 8. The summed E-state index contributed by atoms with van der Waals surface area (Å²) in [7, 11) is 0. The lowest BCUT2D eigenvalue weighted by atomic mass is 9.94. The number of aliphatic hydroxyl groups excluding tert-OH is 2. The molecule has 4 aromatic rings. The molecule has 0 radical (unpaired) electrons. The average Bonchev–Trinajstić information content (AvgIpc) is 3.31. The van der Waals surface area contributed by atoms with Crippen LogP contribution in [0.3, 0.4) is 0 Å². The molecule has 0 saturated carbocycles. The second-order valence-electron chi connectivity index (χ2n) is 15.0. The van der Waals surface area contributed by atoms with Crippen LogP contribution in [0.25, 0.3) is 12.2 Å². The van der Waals surface area contributed by atoms with Crippen LogP contribution in [0.4, 0.5) is 34.1 Å². The van der Waals surface area contributed by atoms with E-state index in [1.807, 2.05) is 75.1 Å². The highest BCUT2D eigenvalue weighted by Crippen LogP contribution is 2.30. The van der Waals surface area contributed by atoms with Gasteiger partial charge in [-0.05, 0) is 87.3 Å². The van der Waals surface area contributed by atoms with Gasteiger partial charge in [0, 0.05) is 85.1 Å². The Morgan fingerprint density at radius 1 is 0.609 bits per heavy atom. The van der Waals surface area contributed by atoms with E-state index < -0.39 is 0 Å². The summed E-state index contributed by atoms with van der Waals surface area (Å²) in [5.74, 6) is 0.367. The number of unbranched alkanes of at least 4 members (excludes halogenated alkanes) is 1. The van der Waals surface area contributed by atoms with E-state index >= 15 is 0 Å². The van der Waals surface area contributed by atoms with Crippen molar-refractivity contribution in [2.24, 2.45) is 0 Å². The molecule has 12 heteroatoms. The van der Waals surface area contributed by atoms with Crippen molar-refractivity contribution in [3.8, 4) is 0 Å². The van der Waals surface area contributed by atoms with E-state index in [1.54, 1.807) is 24.3 Å². The predicted octanol–water partition coefficient (Wildman–Crippen LogP) is 10.5. The Balaban J connectivity index is 0.000000594. The smallest absolute Gasteiger partial charge is 0.270 e. The first kappa shape index (κ1) is 56.6. The van der Waals surface area contributed by atoms with Gasteiger partial charge in [-0.15, -0.1) is 0 Å². The van der Waals surface area contributed by atoms with E-state index in [0.29, 0.717) is 13.1 Å². The van der Waals surface area contributed by atoms with E-state index in [-0.39, 0.29) is 46.3 Å². The summed E-state index contributed by atoms with van der Waals surface area (Å²) in [6.07, 6.45) is 12.3. The third-order valence-electron chi connectivity index (χ3n) is 10.6. The molecular formula is C52H80N6O6+2. The zero-order valence-corrected chi connectivity index (χ0v) is 40.5. The van der Waals surface area contributed by atoms with Crippen molar-refractivity contribution in [2.75, 3.05) is 62.3 Å². The maximum absolute atomic E-state index is 11.2. The second-order valence-corrected chi connectivity index (χ2v) is 15.0. The quantitative estimate of drug-likeness (QED) is 0.0234. The fourth-order valence-electron chi connectivity index (χ4n) is 7.12. The van der Waals surface area contributed by atoms with Crippen LogP contribution in [-0.4, -0.2) is 72.5 Å². The third kappa shape index (κ3) is 19.6. The minimum Gasteiger partial charge on any atom is -0.395 e. The molecule has 4 aromatic carbocycles. The number of quaternary nitrogens is 2. The summed E-state index contributed by atoms with van der Waals surface area (Å²) in [4.78, 5) is 26.0. The maximum atomic E-state index is 11.2. The van der Waals surface area contributed by atoms with Gasteiger partial charge in [0.1, 0.15) is 11.4 Å². The Hall–Kier alpha value is -5.40. The fraction of sp³-hybridized carbons (Fsp3) is 0.462. The van der Waals surface area contributed by atoms with Crippen molar-refractivity contribution in [2.45, 2.75) is 107 Å². The van der Waals surface area contributed by atoms with Crippen molar-refractivity contribution in [1.82, 2.24) is 0 Å². The summed E-state index contributed by atoms with van der Waals surface area (Å²) in [6.45, 7) is 25.7. The monoisotopic (exact) mass is 885 g/mol. The number of rotatable bonds is 24. The molecule has 0 aromatic heterocycles. The van der Waals surface area contributed by atoms with E-state index in [1.165, 1.54) is 11.3 Å². The van der Waals surface area contributed by atoms with Crippen LogP contribution >= 0.6 is 0 Å². The summed E-state index contributed by atoms with van der Waals surface area (Å²) < 4.78 is 0. The van der Waals surface area contributed by atoms with Crippen molar-refractivity contribution in [1.29, 1.82) is 0 Å². The van der Waals surface area contributed by atoms with Crippen molar-refractivity contribution >= 4 is 46.3 Å². The van der Waals surface area contributed by atoms with Gasteiger partial charge in [0.05, 0.1) is 36.1 Å². The number of benzene rings is 4. The molecule has 4 rings (SSSR count). The van der Waals surface area contributed by atoms with Crippen molar-refractivity contribution < 1.29 is 30.7 Å². The zero-order chi connectivity index (χ0) is 47.9. The highest BCUT2D eigenvalue weighted by atomic mass is 16.6. The molecule has 2 unspecified atom stereocenters. The number of hydrogen-bond donors (Lipinski definition) is 4. The Kier molecular flexibility index (Phi) is 29.3. The Morgan fingerprint density at radius 3 is 1.38 bits per heavy atom. The largest absolute Gasteiger partial charge is 0.395 e. The minimum absolute atomic E-state index is 0.0363. The van der Waals surface area contributed by atoms with Gasteiger partial charge in [-0.1, -0.05) is 103 Å². The highest BCUT2D eigenvalue weighted by molar-refractivity contribution is 5.58. The number of non-ortho nitro benzene ring substituents is 2. The zero-order valence-electron chi connectivity index (χ0n) is 40.5. The summed E-state index contributed by atoms with van der Waals surface area (Å²) in [5, 5.41) is 45.0. The number of nitro groups is 2.